The van der Waals surface area contributed by atoms with E-state index < -0.39 is 10.1 Å². The van der Waals surface area contributed by atoms with Gasteiger partial charge < -0.3 is 0 Å². The van der Waals surface area contributed by atoms with Crippen LogP contribution in [0.4, 0.5) is 0 Å². The van der Waals surface area contributed by atoms with Crippen LogP contribution in [0.15, 0.2) is 89.8 Å². The molecular weight excluding hydrogens is 410 g/mol. The van der Waals surface area contributed by atoms with Gasteiger partial charge in [0.15, 0.2) is 0 Å². The van der Waals surface area contributed by atoms with E-state index in [1.54, 1.807) is 24.3 Å². The Balaban J connectivity index is 1.62. The summed E-state index contributed by atoms with van der Waals surface area (Å²) in [6.45, 7) is 0. The van der Waals surface area contributed by atoms with E-state index in [0.717, 1.165) is 21.9 Å². The van der Waals surface area contributed by atoms with Crippen LogP contribution in [0.1, 0.15) is 11.1 Å². The standard InChI is InChI=1S/C24H17N3O3S/c28-31(29,30)23-16-20(14-12-19(23)11-10-17-6-2-1-3-7-17)27-25-22-15-13-18-8-4-5-9-21(18)24(22)26-27/h1-16H,(H,28,29,30). The van der Waals surface area contributed by atoms with Crippen LogP contribution in [-0.4, -0.2) is 28.0 Å². The molecule has 0 amide bonds. The minimum absolute atomic E-state index is 0.205. The molecule has 0 spiro atoms. The Kier molecular flexibility index (Phi) is 4.62. The van der Waals surface area contributed by atoms with Gasteiger partial charge in [-0.15, -0.1) is 10.2 Å². The largest absolute Gasteiger partial charge is 0.295 e. The predicted molar refractivity (Wildman–Crippen MR) is 122 cm³/mol. The Labute approximate surface area is 178 Å². The Morgan fingerprint density at radius 1 is 0.806 bits per heavy atom. The SMILES string of the molecule is O=S(=O)(O)c1cc(-n2nc3ccc4ccccc4c3n2)ccc1C=Cc1ccccc1. The van der Waals surface area contributed by atoms with Gasteiger partial charge in [-0.05, 0) is 34.7 Å². The van der Waals surface area contributed by atoms with Gasteiger partial charge in [0, 0.05) is 5.39 Å². The highest BCUT2D eigenvalue weighted by Gasteiger charge is 2.17. The number of rotatable bonds is 4. The summed E-state index contributed by atoms with van der Waals surface area (Å²) < 4.78 is 33.9. The van der Waals surface area contributed by atoms with Gasteiger partial charge in [-0.3, -0.25) is 4.55 Å². The second-order valence-electron chi connectivity index (χ2n) is 7.09. The lowest BCUT2D eigenvalue weighted by Gasteiger charge is -2.06. The zero-order chi connectivity index (χ0) is 21.4. The van der Waals surface area contributed by atoms with E-state index in [0.29, 0.717) is 16.8 Å². The fraction of sp³-hybridized carbons (Fsp3) is 0. The van der Waals surface area contributed by atoms with Crippen LogP contribution in [0, 0.1) is 0 Å². The van der Waals surface area contributed by atoms with E-state index >= 15 is 0 Å². The molecule has 0 saturated heterocycles. The Morgan fingerprint density at radius 2 is 1.58 bits per heavy atom. The van der Waals surface area contributed by atoms with Crippen LogP contribution >= 0.6 is 0 Å². The molecule has 0 aliphatic carbocycles. The fourth-order valence-corrected chi connectivity index (χ4v) is 4.23. The van der Waals surface area contributed by atoms with E-state index in [4.69, 9.17) is 0 Å². The molecule has 0 aliphatic rings. The normalized spacial score (nSPS) is 12.2. The maximum absolute atomic E-state index is 12.1. The van der Waals surface area contributed by atoms with Gasteiger partial charge in [-0.2, -0.15) is 13.2 Å². The van der Waals surface area contributed by atoms with Crippen LogP contribution in [0.5, 0.6) is 0 Å². The lowest BCUT2D eigenvalue weighted by molar-refractivity contribution is 0.483. The highest BCUT2D eigenvalue weighted by molar-refractivity contribution is 7.86. The average molecular weight is 427 g/mol. The van der Waals surface area contributed by atoms with Crippen molar-refractivity contribution in [2.45, 2.75) is 4.90 Å². The first kappa shape index (κ1) is 19.2. The van der Waals surface area contributed by atoms with Gasteiger partial charge in [-0.1, -0.05) is 78.9 Å². The summed E-state index contributed by atoms with van der Waals surface area (Å²) in [6, 6.07) is 25.9. The van der Waals surface area contributed by atoms with Gasteiger partial charge in [0.1, 0.15) is 15.9 Å². The summed E-state index contributed by atoms with van der Waals surface area (Å²) in [4.78, 5) is 1.18. The molecule has 0 aliphatic heterocycles. The third-order valence-electron chi connectivity index (χ3n) is 5.04. The Bertz CT molecular complexity index is 1560. The number of nitrogens with zero attached hydrogens (tertiary/aromatic N) is 3. The van der Waals surface area contributed by atoms with Crippen LogP contribution in [-0.2, 0) is 10.1 Å². The molecule has 152 valence electrons. The molecule has 1 heterocycles. The fourth-order valence-electron chi connectivity index (χ4n) is 3.52. The van der Waals surface area contributed by atoms with Crippen molar-refractivity contribution in [1.29, 1.82) is 0 Å². The first-order valence-electron chi connectivity index (χ1n) is 9.59. The lowest BCUT2D eigenvalue weighted by Crippen LogP contribution is -2.05. The quantitative estimate of drug-likeness (QED) is 0.323. The number of benzene rings is 4. The molecule has 5 aromatic rings. The maximum atomic E-state index is 12.1. The molecule has 4 aromatic carbocycles. The molecule has 31 heavy (non-hydrogen) atoms. The Morgan fingerprint density at radius 3 is 2.39 bits per heavy atom. The molecular formula is C24H17N3O3S. The van der Waals surface area contributed by atoms with Crippen LogP contribution in [0.25, 0.3) is 39.6 Å². The summed E-state index contributed by atoms with van der Waals surface area (Å²) in [5.74, 6) is 0. The highest BCUT2D eigenvalue weighted by atomic mass is 32.2. The van der Waals surface area contributed by atoms with E-state index in [-0.39, 0.29) is 4.90 Å². The maximum Gasteiger partial charge on any atom is 0.295 e. The third-order valence-corrected chi connectivity index (χ3v) is 5.95. The van der Waals surface area contributed by atoms with Crippen molar-refractivity contribution in [3.63, 3.8) is 0 Å². The van der Waals surface area contributed by atoms with Crippen molar-refractivity contribution in [3.8, 4) is 5.69 Å². The van der Waals surface area contributed by atoms with E-state index in [1.165, 1.54) is 10.9 Å². The van der Waals surface area contributed by atoms with Crippen molar-refractivity contribution in [2.75, 3.05) is 0 Å². The van der Waals surface area contributed by atoms with Crippen LogP contribution < -0.4 is 0 Å². The first-order chi connectivity index (χ1) is 15.0. The molecule has 0 radical (unpaired) electrons. The van der Waals surface area contributed by atoms with Crippen molar-refractivity contribution < 1.29 is 13.0 Å². The summed E-state index contributed by atoms with van der Waals surface area (Å²) in [6.07, 6.45) is 3.44. The zero-order valence-electron chi connectivity index (χ0n) is 16.3. The summed E-state index contributed by atoms with van der Waals surface area (Å²) in [7, 11) is -4.45. The van der Waals surface area contributed by atoms with Gasteiger partial charge in [-0.25, -0.2) is 0 Å². The van der Waals surface area contributed by atoms with Crippen LogP contribution in [0.3, 0.4) is 0 Å². The molecule has 6 nitrogen and oxygen atoms in total. The van der Waals surface area contributed by atoms with E-state index in [2.05, 4.69) is 10.2 Å². The van der Waals surface area contributed by atoms with Crippen LogP contribution in [0.2, 0.25) is 0 Å². The van der Waals surface area contributed by atoms with Gasteiger partial charge in [0.2, 0.25) is 0 Å². The summed E-state index contributed by atoms with van der Waals surface area (Å²) in [5.41, 5.74) is 3.14. The first-order valence-corrected chi connectivity index (χ1v) is 11.0. The minimum atomic E-state index is -4.45. The zero-order valence-corrected chi connectivity index (χ0v) is 17.1. The van der Waals surface area contributed by atoms with E-state index in [1.807, 2.05) is 66.7 Å². The third kappa shape index (κ3) is 3.72. The molecule has 1 aromatic heterocycles. The van der Waals surface area contributed by atoms with Crippen molar-refractivity contribution in [1.82, 2.24) is 15.0 Å². The number of fused-ring (bicyclic) bond motifs is 3. The van der Waals surface area contributed by atoms with Gasteiger partial charge in [0.25, 0.3) is 10.1 Å². The molecule has 0 unspecified atom stereocenters. The van der Waals surface area contributed by atoms with Gasteiger partial charge >= 0.3 is 0 Å². The predicted octanol–water partition coefficient (Wildman–Crippen LogP) is 4.99. The molecule has 5 rings (SSSR count). The van der Waals surface area contributed by atoms with E-state index in [9.17, 15) is 13.0 Å². The second-order valence-corrected chi connectivity index (χ2v) is 8.48. The minimum Gasteiger partial charge on any atom is -0.282 e. The van der Waals surface area contributed by atoms with Gasteiger partial charge in [0.05, 0.1) is 5.69 Å². The lowest BCUT2D eigenvalue weighted by atomic mass is 10.1. The molecule has 0 atom stereocenters. The summed E-state index contributed by atoms with van der Waals surface area (Å²) in [5, 5.41) is 11.1. The molecule has 0 fully saturated rings. The number of aromatic nitrogens is 3. The Hall–Kier alpha value is -3.81. The molecule has 0 bridgehead atoms. The molecule has 1 N–H and O–H groups in total. The smallest absolute Gasteiger partial charge is 0.282 e. The second kappa shape index (κ2) is 7.46. The number of hydrogen-bond donors (Lipinski definition) is 1. The molecule has 0 saturated carbocycles. The highest BCUT2D eigenvalue weighted by Crippen LogP contribution is 2.25. The average Bonchev–Trinajstić information content (AvgIpc) is 3.23. The van der Waals surface area contributed by atoms with Crippen molar-refractivity contribution in [2.24, 2.45) is 0 Å². The topological polar surface area (TPSA) is 85.1 Å². The molecule has 7 heteroatoms. The van der Waals surface area contributed by atoms with Crippen molar-refractivity contribution >= 4 is 44.1 Å². The van der Waals surface area contributed by atoms with Crippen molar-refractivity contribution in [3.05, 3.63) is 96.1 Å². The summed E-state index contributed by atoms with van der Waals surface area (Å²) >= 11 is 0. The number of hydrogen-bond acceptors (Lipinski definition) is 4. The monoisotopic (exact) mass is 427 g/mol.